The summed E-state index contributed by atoms with van der Waals surface area (Å²) in [6, 6.07) is 22.1. The number of hydrogen-bond acceptors (Lipinski definition) is 3. The Bertz CT molecular complexity index is 1070. The number of amides is 1. The van der Waals surface area contributed by atoms with E-state index < -0.39 is 0 Å². The lowest BCUT2D eigenvalue weighted by atomic mass is 10.1. The van der Waals surface area contributed by atoms with E-state index in [-0.39, 0.29) is 17.4 Å². The predicted molar refractivity (Wildman–Crippen MR) is 97.6 cm³/mol. The first-order valence-corrected chi connectivity index (χ1v) is 7.84. The van der Waals surface area contributed by atoms with Crippen LogP contribution in [-0.2, 0) is 0 Å². The number of rotatable bonds is 3. The zero-order valence-electron chi connectivity index (χ0n) is 13.2. The highest BCUT2D eigenvalue weighted by atomic mass is 16.3. The summed E-state index contributed by atoms with van der Waals surface area (Å²) in [5.41, 5.74) is 2.42. The normalized spacial score (nSPS) is 10.7. The molecular weight excluding hydrogens is 314 g/mol. The van der Waals surface area contributed by atoms with Gasteiger partial charge in [0.2, 0.25) is 0 Å². The smallest absolute Gasteiger partial charge is 0.276 e. The Morgan fingerprint density at radius 1 is 0.920 bits per heavy atom. The maximum Gasteiger partial charge on any atom is 0.276 e. The average molecular weight is 329 g/mol. The van der Waals surface area contributed by atoms with Crippen molar-refractivity contribution in [3.8, 4) is 17.0 Å². The van der Waals surface area contributed by atoms with Crippen molar-refractivity contribution in [3.63, 3.8) is 0 Å². The van der Waals surface area contributed by atoms with E-state index in [1.54, 1.807) is 24.3 Å². The van der Waals surface area contributed by atoms with E-state index in [1.807, 2.05) is 48.5 Å². The monoisotopic (exact) mass is 329 g/mol. The molecule has 0 fully saturated rings. The van der Waals surface area contributed by atoms with Crippen LogP contribution >= 0.6 is 0 Å². The second-order valence-electron chi connectivity index (χ2n) is 5.73. The third-order valence-electron chi connectivity index (χ3n) is 3.97. The van der Waals surface area contributed by atoms with Gasteiger partial charge in [-0.05, 0) is 41.1 Å². The van der Waals surface area contributed by atoms with E-state index in [0.717, 1.165) is 16.3 Å². The van der Waals surface area contributed by atoms with Gasteiger partial charge in [-0.1, -0.05) is 42.5 Å². The van der Waals surface area contributed by atoms with Gasteiger partial charge in [-0.15, -0.1) is 0 Å². The fourth-order valence-electron chi connectivity index (χ4n) is 2.72. The van der Waals surface area contributed by atoms with Crippen LogP contribution in [0.4, 0.5) is 5.69 Å². The van der Waals surface area contributed by atoms with Crippen molar-refractivity contribution in [2.45, 2.75) is 0 Å². The summed E-state index contributed by atoms with van der Waals surface area (Å²) >= 11 is 0. The summed E-state index contributed by atoms with van der Waals surface area (Å²) in [6.45, 7) is 0. The quantitative estimate of drug-likeness (QED) is 0.527. The second kappa shape index (κ2) is 6.13. The number of aromatic hydroxyl groups is 1. The van der Waals surface area contributed by atoms with Crippen molar-refractivity contribution in [2.24, 2.45) is 0 Å². The molecule has 0 aliphatic rings. The van der Waals surface area contributed by atoms with Crippen LogP contribution in [0, 0.1) is 0 Å². The molecule has 5 nitrogen and oxygen atoms in total. The number of hydrogen-bond donors (Lipinski definition) is 3. The highest BCUT2D eigenvalue weighted by Gasteiger charge is 2.12. The molecule has 122 valence electrons. The molecule has 0 saturated carbocycles. The first kappa shape index (κ1) is 15.0. The fourth-order valence-corrected chi connectivity index (χ4v) is 2.72. The van der Waals surface area contributed by atoms with Crippen molar-refractivity contribution >= 4 is 22.4 Å². The Morgan fingerprint density at radius 2 is 1.76 bits per heavy atom. The zero-order chi connectivity index (χ0) is 17.2. The number of carbonyl (C=O) groups is 1. The van der Waals surface area contributed by atoms with Gasteiger partial charge in [-0.3, -0.25) is 9.89 Å². The first-order valence-electron chi connectivity index (χ1n) is 7.84. The molecule has 0 aliphatic carbocycles. The molecule has 3 aromatic carbocycles. The molecule has 0 aliphatic heterocycles. The maximum absolute atomic E-state index is 12.4. The number of phenolic OH excluding ortho intramolecular Hbond substituents is 1. The van der Waals surface area contributed by atoms with Crippen molar-refractivity contribution in [2.75, 3.05) is 5.32 Å². The van der Waals surface area contributed by atoms with Gasteiger partial charge in [-0.25, -0.2) is 0 Å². The predicted octanol–water partition coefficient (Wildman–Crippen LogP) is 4.19. The van der Waals surface area contributed by atoms with E-state index >= 15 is 0 Å². The molecule has 3 N–H and O–H groups in total. The van der Waals surface area contributed by atoms with E-state index in [1.165, 1.54) is 0 Å². The molecule has 5 heteroatoms. The Balaban J connectivity index is 1.56. The van der Waals surface area contributed by atoms with E-state index in [4.69, 9.17) is 0 Å². The van der Waals surface area contributed by atoms with Crippen LogP contribution in [0.2, 0.25) is 0 Å². The molecular formula is C20H15N3O2. The Morgan fingerprint density at radius 3 is 2.60 bits per heavy atom. The number of nitrogens with one attached hydrogen (secondary N) is 2. The van der Waals surface area contributed by atoms with Gasteiger partial charge < -0.3 is 10.4 Å². The van der Waals surface area contributed by atoms with Gasteiger partial charge in [0.1, 0.15) is 5.75 Å². The minimum absolute atomic E-state index is 0.161. The number of nitrogens with zero attached hydrogens (tertiary/aromatic N) is 1. The van der Waals surface area contributed by atoms with Crippen molar-refractivity contribution in [1.82, 2.24) is 10.2 Å². The largest absolute Gasteiger partial charge is 0.508 e. The standard InChI is InChI=1S/C20H15N3O2/c24-17-7-3-6-15(11-17)18-12-19(23-22-18)20(25)21-16-9-8-13-4-1-2-5-14(13)10-16/h1-12,24H,(H,21,25)(H,22,23). The SMILES string of the molecule is O=C(Nc1ccc2ccccc2c1)c1cc(-c2cccc(O)c2)[nH]n1. The summed E-state index contributed by atoms with van der Waals surface area (Å²) in [4.78, 5) is 12.4. The number of aromatic amines is 1. The van der Waals surface area contributed by atoms with Gasteiger partial charge in [0.05, 0.1) is 5.69 Å². The number of anilines is 1. The number of benzene rings is 3. The zero-order valence-corrected chi connectivity index (χ0v) is 13.2. The lowest BCUT2D eigenvalue weighted by Gasteiger charge is -2.04. The van der Waals surface area contributed by atoms with Crippen LogP contribution in [-0.4, -0.2) is 21.2 Å². The minimum atomic E-state index is -0.294. The van der Waals surface area contributed by atoms with Gasteiger partial charge >= 0.3 is 0 Å². The minimum Gasteiger partial charge on any atom is -0.508 e. The van der Waals surface area contributed by atoms with E-state index in [2.05, 4.69) is 15.5 Å². The maximum atomic E-state index is 12.4. The topological polar surface area (TPSA) is 78.0 Å². The Kier molecular flexibility index (Phi) is 3.67. The van der Waals surface area contributed by atoms with Crippen LogP contribution in [0.15, 0.2) is 72.8 Å². The van der Waals surface area contributed by atoms with Gasteiger partial charge in [0.25, 0.3) is 5.91 Å². The van der Waals surface area contributed by atoms with Crippen LogP contribution in [0.25, 0.3) is 22.0 Å². The Hall–Kier alpha value is -3.60. The van der Waals surface area contributed by atoms with Crippen molar-refractivity contribution in [3.05, 3.63) is 78.5 Å². The van der Waals surface area contributed by atoms with Crippen LogP contribution in [0.1, 0.15) is 10.5 Å². The van der Waals surface area contributed by atoms with Crippen molar-refractivity contribution < 1.29 is 9.90 Å². The Labute approximate surface area is 143 Å². The summed E-state index contributed by atoms with van der Waals surface area (Å²) in [5, 5.41) is 21.5. The molecule has 25 heavy (non-hydrogen) atoms. The number of H-pyrrole nitrogens is 1. The van der Waals surface area contributed by atoms with E-state index in [0.29, 0.717) is 11.4 Å². The molecule has 0 bridgehead atoms. The number of carbonyl (C=O) groups excluding carboxylic acids is 1. The summed E-state index contributed by atoms with van der Waals surface area (Å²) in [5.74, 6) is -0.132. The molecule has 1 aromatic heterocycles. The van der Waals surface area contributed by atoms with Crippen LogP contribution < -0.4 is 5.32 Å². The fraction of sp³-hybridized carbons (Fsp3) is 0. The highest BCUT2D eigenvalue weighted by molar-refractivity contribution is 6.04. The van der Waals surface area contributed by atoms with Crippen LogP contribution in [0.3, 0.4) is 0 Å². The summed E-state index contributed by atoms with van der Waals surface area (Å²) in [7, 11) is 0. The van der Waals surface area contributed by atoms with Gasteiger partial charge in [0, 0.05) is 11.3 Å². The molecule has 0 radical (unpaired) electrons. The lowest BCUT2D eigenvalue weighted by molar-refractivity contribution is 0.102. The first-order chi connectivity index (χ1) is 12.2. The summed E-state index contributed by atoms with van der Waals surface area (Å²) < 4.78 is 0. The molecule has 4 aromatic rings. The lowest BCUT2D eigenvalue weighted by Crippen LogP contribution is -2.12. The van der Waals surface area contributed by atoms with E-state index in [9.17, 15) is 9.90 Å². The summed E-state index contributed by atoms with van der Waals surface area (Å²) in [6.07, 6.45) is 0. The number of fused-ring (bicyclic) bond motifs is 1. The average Bonchev–Trinajstić information content (AvgIpc) is 3.12. The van der Waals surface area contributed by atoms with Crippen molar-refractivity contribution in [1.29, 1.82) is 0 Å². The number of phenols is 1. The highest BCUT2D eigenvalue weighted by Crippen LogP contribution is 2.23. The molecule has 0 spiro atoms. The molecule has 4 rings (SSSR count). The number of aromatic nitrogens is 2. The third kappa shape index (κ3) is 3.07. The molecule has 1 heterocycles. The third-order valence-corrected chi connectivity index (χ3v) is 3.97. The molecule has 0 saturated heterocycles. The second-order valence-corrected chi connectivity index (χ2v) is 5.73. The molecule has 0 unspecified atom stereocenters. The molecule has 0 atom stereocenters. The van der Waals surface area contributed by atoms with Gasteiger partial charge in [-0.2, -0.15) is 5.10 Å². The molecule has 1 amide bonds. The van der Waals surface area contributed by atoms with Crippen LogP contribution in [0.5, 0.6) is 5.75 Å². The van der Waals surface area contributed by atoms with Gasteiger partial charge in [0.15, 0.2) is 5.69 Å².